The number of para-hydroxylation sites is 1. The molecule has 212 valence electrons. The molecule has 0 unspecified atom stereocenters. The molecule has 0 heterocycles. The molecule has 3 amide bonds. The van der Waals surface area contributed by atoms with Crippen LogP contribution in [-0.4, -0.2) is 59.7 Å². The van der Waals surface area contributed by atoms with Gasteiger partial charge in [0.1, 0.15) is 11.2 Å². The van der Waals surface area contributed by atoms with Gasteiger partial charge in [-0.2, -0.15) is 0 Å². The Morgan fingerprint density at radius 3 is 1.76 bits per heavy atom. The van der Waals surface area contributed by atoms with Crippen molar-refractivity contribution >= 4 is 30.0 Å². The Morgan fingerprint density at radius 2 is 1.34 bits per heavy atom. The quantitative estimate of drug-likeness (QED) is 0.360. The summed E-state index contributed by atoms with van der Waals surface area (Å²) in [4.78, 5) is 36.0. The van der Waals surface area contributed by atoms with E-state index < -0.39 is 17.3 Å². The SMILES string of the molecule is CCCN(C=O)C(=O)OC(C)(C)C.CN(CCc1cccc(N)c1)C(=O)OC(C)(C)C.Nc1ccccc1. The molecule has 0 saturated heterocycles. The molecule has 0 bridgehead atoms. The minimum Gasteiger partial charge on any atom is -0.444 e. The van der Waals surface area contributed by atoms with Crippen molar-refractivity contribution in [2.45, 2.75) is 72.5 Å². The van der Waals surface area contributed by atoms with Gasteiger partial charge in [0.15, 0.2) is 0 Å². The number of hydrogen-bond donors (Lipinski definition) is 2. The summed E-state index contributed by atoms with van der Waals surface area (Å²) in [5.74, 6) is 0. The zero-order valence-electron chi connectivity index (χ0n) is 24.2. The van der Waals surface area contributed by atoms with Crippen LogP contribution in [0.3, 0.4) is 0 Å². The molecule has 9 nitrogen and oxygen atoms in total. The number of hydrogen-bond acceptors (Lipinski definition) is 7. The third kappa shape index (κ3) is 17.6. The van der Waals surface area contributed by atoms with Crippen LogP contribution in [-0.2, 0) is 20.7 Å². The predicted molar refractivity (Wildman–Crippen MR) is 154 cm³/mol. The maximum atomic E-state index is 11.7. The fourth-order valence-corrected chi connectivity index (χ4v) is 2.68. The number of amides is 3. The van der Waals surface area contributed by atoms with Crippen molar-refractivity contribution in [3.05, 3.63) is 60.2 Å². The number of nitrogens with zero attached hydrogens (tertiary/aromatic N) is 2. The first kappa shape index (κ1) is 34.2. The van der Waals surface area contributed by atoms with Crippen LogP contribution >= 0.6 is 0 Å². The molecule has 38 heavy (non-hydrogen) atoms. The number of benzene rings is 2. The highest BCUT2D eigenvalue weighted by molar-refractivity contribution is 5.80. The van der Waals surface area contributed by atoms with E-state index in [4.69, 9.17) is 20.9 Å². The summed E-state index contributed by atoms with van der Waals surface area (Å²) >= 11 is 0. The van der Waals surface area contributed by atoms with Crippen LogP contribution in [0, 0.1) is 0 Å². The molecule has 0 saturated carbocycles. The van der Waals surface area contributed by atoms with E-state index in [1.165, 1.54) is 0 Å². The molecule has 2 rings (SSSR count). The van der Waals surface area contributed by atoms with E-state index in [0.717, 1.165) is 34.7 Å². The van der Waals surface area contributed by atoms with Crippen molar-refractivity contribution in [2.24, 2.45) is 0 Å². The molecule has 0 aliphatic heterocycles. The molecule has 0 aromatic heterocycles. The van der Waals surface area contributed by atoms with E-state index in [9.17, 15) is 14.4 Å². The third-order valence-corrected chi connectivity index (χ3v) is 4.41. The van der Waals surface area contributed by atoms with Gasteiger partial charge in [-0.05, 0) is 84.2 Å². The second-order valence-electron chi connectivity index (χ2n) is 10.6. The van der Waals surface area contributed by atoms with Crippen molar-refractivity contribution in [2.75, 3.05) is 31.6 Å². The lowest BCUT2D eigenvalue weighted by Crippen LogP contribution is -2.36. The van der Waals surface area contributed by atoms with E-state index in [2.05, 4.69) is 0 Å². The molecular formula is C29H46N4O5. The fraction of sp³-hybridized carbons (Fsp3) is 0.483. The van der Waals surface area contributed by atoms with Crippen molar-refractivity contribution in [1.82, 2.24) is 9.80 Å². The maximum Gasteiger partial charge on any atom is 0.416 e. The van der Waals surface area contributed by atoms with Gasteiger partial charge in [-0.15, -0.1) is 0 Å². The molecular weight excluding hydrogens is 484 g/mol. The molecule has 0 aliphatic carbocycles. The molecule has 9 heteroatoms. The highest BCUT2D eigenvalue weighted by Crippen LogP contribution is 2.11. The number of rotatable bonds is 6. The lowest BCUT2D eigenvalue weighted by Gasteiger charge is -2.24. The largest absolute Gasteiger partial charge is 0.444 e. The zero-order valence-corrected chi connectivity index (χ0v) is 24.2. The minimum atomic E-state index is -0.579. The summed E-state index contributed by atoms with van der Waals surface area (Å²) in [6.07, 6.45) is 1.12. The van der Waals surface area contributed by atoms with Crippen LogP contribution in [0.15, 0.2) is 54.6 Å². The number of carbonyl (C=O) groups is 3. The molecule has 0 radical (unpaired) electrons. The molecule has 0 atom stereocenters. The van der Waals surface area contributed by atoms with E-state index in [-0.39, 0.29) is 6.09 Å². The van der Waals surface area contributed by atoms with Gasteiger partial charge in [0.25, 0.3) is 0 Å². The van der Waals surface area contributed by atoms with Gasteiger partial charge in [0, 0.05) is 31.5 Å². The maximum absolute atomic E-state index is 11.7. The van der Waals surface area contributed by atoms with Gasteiger partial charge >= 0.3 is 12.2 Å². The number of nitrogen functional groups attached to an aromatic ring is 2. The Morgan fingerprint density at radius 1 is 0.816 bits per heavy atom. The highest BCUT2D eigenvalue weighted by atomic mass is 16.6. The normalized spacial score (nSPS) is 10.5. The number of nitrogens with two attached hydrogens (primary N) is 2. The minimum absolute atomic E-state index is 0.300. The number of likely N-dealkylation sites (N-methyl/N-ethyl adjacent to an activating group) is 1. The highest BCUT2D eigenvalue weighted by Gasteiger charge is 2.21. The fourth-order valence-electron chi connectivity index (χ4n) is 2.68. The molecule has 0 aliphatic rings. The summed E-state index contributed by atoms with van der Waals surface area (Å²) in [7, 11) is 1.74. The average molecular weight is 531 g/mol. The lowest BCUT2D eigenvalue weighted by atomic mass is 10.1. The number of anilines is 2. The Labute approximate surface area is 228 Å². The number of ether oxygens (including phenoxy) is 2. The Hall–Kier alpha value is -3.75. The van der Waals surface area contributed by atoms with Crippen LogP contribution in [0.5, 0.6) is 0 Å². The van der Waals surface area contributed by atoms with Gasteiger partial charge in [-0.1, -0.05) is 37.3 Å². The average Bonchev–Trinajstić information content (AvgIpc) is 2.80. The van der Waals surface area contributed by atoms with Gasteiger partial charge in [0.05, 0.1) is 0 Å². The molecule has 4 N–H and O–H groups in total. The monoisotopic (exact) mass is 530 g/mol. The van der Waals surface area contributed by atoms with Crippen molar-refractivity contribution in [3.8, 4) is 0 Å². The van der Waals surface area contributed by atoms with Crippen LogP contribution in [0.1, 0.15) is 60.5 Å². The standard InChI is InChI=1S/C14H22N2O2.C9H17NO3.C6H7N/c1-14(2,3)18-13(17)16(4)9-8-11-6-5-7-12(15)10-11;1-5-6-10(7-11)8(12)13-9(2,3)4;7-6-4-2-1-3-5-6/h5-7,10H,8-9,15H2,1-4H3;7H,5-6H2,1-4H3;1-5H,7H2. The molecule has 2 aromatic rings. The van der Waals surface area contributed by atoms with E-state index in [1.807, 2.05) is 82.3 Å². The van der Waals surface area contributed by atoms with Crippen molar-refractivity contribution in [3.63, 3.8) is 0 Å². The van der Waals surface area contributed by atoms with Gasteiger partial charge in [-0.25, -0.2) is 9.59 Å². The Kier molecular flexibility index (Phi) is 15.2. The second-order valence-corrected chi connectivity index (χ2v) is 10.6. The van der Waals surface area contributed by atoms with Crippen LogP contribution in [0.2, 0.25) is 0 Å². The van der Waals surface area contributed by atoms with Gasteiger partial charge < -0.3 is 25.8 Å². The first-order valence-corrected chi connectivity index (χ1v) is 12.6. The van der Waals surface area contributed by atoms with Gasteiger partial charge in [-0.3, -0.25) is 9.69 Å². The molecule has 0 spiro atoms. The molecule has 0 fully saturated rings. The smallest absolute Gasteiger partial charge is 0.416 e. The van der Waals surface area contributed by atoms with Gasteiger partial charge in [0.2, 0.25) is 6.41 Å². The summed E-state index contributed by atoms with van der Waals surface area (Å²) in [5.41, 5.74) is 12.7. The topological polar surface area (TPSA) is 128 Å². The van der Waals surface area contributed by atoms with E-state index in [0.29, 0.717) is 19.5 Å². The predicted octanol–water partition coefficient (Wildman–Crippen LogP) is 5.74. The van der Waals surface area contributed by atoms with Crippen molar-refractivity contribution < 1.29 is 23.9 Å². The first-order chi connectivity index (χ1) is 17.6. The van der Waals surface area contributed by atoms with E-state index >= 15 is 0 Å². The Bertz CT molecular complexity index is 969. The molecule has 2 aromatic carbocycles. The summed E-state index contributed by atoms with van der Waals surface area (Å²) in [6.45, 7) is 13.8. The third-order valence-electron chi connectivity index (χ3n) is 4.41. The van der Waals surface area contributed by atoms with E-state index in [1.54, 1.807) is 32.7 Å². The number of carbonyl (C=O) groups excluding carboxylic acids is 3. The summed E-state index contributed by atoms with van der Waals surface area (Å²) in [6, 6.07) is 17.2. The number of imide groups is 1. The summed E-state index contributed by atoms with van der Waals surface area (Å²) < 4.78 is 10.3. The summed E-state index contributed by atoms with van der Waals surface area (Å²) in [5, 5.41) is 0. The van der Waals surface area contributed by atoms with Crippen LogP contribution in [0.25, 0.3) is 0 Å². The van der Waals surface area contributed by atoms with Crippen LogP contribution < -0.4 is 11.5 Å². The van der Waals surface area contributed by atoms with Crippen molar-refractivity contribution in [1.29, 1.82) is 0 Å². The lowest BCUT2D eigenvalue weighted by molar-refractivity contribution is -0.117. The Balaban J connectivity index is 0.000000594. The zero-order chi connectivity index (χ0) is 29.4. The first-order valence-electron chi connectivity index (χ1n) is 12.6. The van der Waals surface area contributed by atoms with Crippen LogP contribution in [0.4, 0.5) is 21.0 Å². The second kappa shape index (κ2) is 16.9.